The highest BCUT2D eigenvalue weighted by Gasteiger charge is 2.07. The summed E-state index contributed by atoms with van der Waals surface area (Å²) in [6.07, 6.45) is 0. The number of aryl methyl sites for hydroxylation is 5. The van der Waals surface area contributed by atoms with E-state index < -0.39 is 0 Å². The van der Waals surface area contributed by atoms with E-state index in [2.05, 4.69) is 48.6 Å². The number of aromatic nitrogens is 2. The number of nitrogens with zero attached hydrogens (tertiary/aromatic N) is 2. The van der Waals surface area contributed by atoms with Crippen LogP contribution in [0.3, 0.4) is 0 Å². The monoisotopic (exact) mass is 300 g/mol. The summed E-state index contributed by atoms with van der Waals surface area (Å²) in [6, 6.07) is 6.08. The molecule has 0 bridgehead atoms. The smallest absolute Gasteiger partial charge is 0.315 e. The molecule has 0 spiro atoms. The Morgan fingerprint density at radius 3 is 2.18 bits per heavy atom. The van der Waals surface area contributed by atoms with E-state index in [1.165, 1.54) is 22.3 Å². The average molecular weight is 300 g/mol. The lowest BCUT2D eigenvalue weighted by molar-refractivity contribution is 0.240. The summed E-state index contributed by atoms with van der Waals surface area (Å²) >= 11 is 0. The molecule has 0 aliphatic heterocycles. The van der Waals surface area contributed by atoms with E-state index in [1.54, 1.807) is 4.68 Å². The number of amides is 2. The highest BCUT2D eigenvalue weighted by Crippen LogP contribution is 2.15. The predicted octanol–water partition coefficient (Wildman–Crippen LogP) is 2.65. The summed E-state index contributed by atoms with van der Waals surface area (Å²) in [5.74, 6) is 0. The number of carbonyl (C=O) groups is 1. The molecule has 5 nitrogen and oxygen atoms in total. The van der Waals surface area contributed by atoms with Gasteiger partial charge in [-0.25, -0.2) is 4.79 Å². The van der Waals surface area contributed by atoms with Crippen LogP contribution in [0, 0.1) is 27.7 Å². The van der Waals surface area contributed by atoms with Crippen LogP contribution in [0.5, 0.6) is 0 Å². The molecular weight excluding hydrogens is 276 g/mol. The van der Waals surface area contributed by atoms with Crippen LogP contribution in [0.4, 0.5) is 4.79 Å². The van der Waals surface area contributed by atoms with Crippen molar-refractivity contribution in [3.05, 3.63) is 51.8 Å². The van der Waals surface area contributed by atoms with Gasteiger partial charge < -0.3 is 10.6 Å². The lowest BCUT2D eigenvalue weighted by Gasteiger charge is -2.13. The molecule has 0 unspecified atom stereocenters. The third-order valence-corrected chi connectivity index (χ3v) is 3.80. The summed E-state index contributed by atoms with van der Waals surface area (Å²) in [5, 5.41) is 10.0. The molecular formula is C17H24N4O. The number of benzene rings is 1. The first-order chi connectivity index (χ1) is 10.4. The van der Waals surface area contributed by atoms with Crippen LogP contribution in [-0.2, 0) is 20.1 Å². The van der Waals surface area contributed by atoms with E-state index in [1.807, 2.05) is 20.0 Å². The van der Waals surface area contributed by atoms with E-state index in [0.717, 1.165) is 11.4 Å². The first-order valence-electron chi connectivity index (χ1n) is 7.44. The molecule has 0 aliphatic carbocycles. The van der Waals surface area contributed by atoms with Crippen LogP contribution in [0.15, 0.2) is 18.2 Å². The van der Waals surface area contributed by atoms with Crippen molar-refractivity contribution in [3.63, 3.8) is 0 Å². The first-order valence-corrected chi connectivity index (χ1v) is 7.44. The molecule has 0 fully saturated rings. The minimum Gasteiger partial charge on any atom is -0.334 e. The second kappa shape index (κ2) is 6.64. The highest BCUT2D eigenvalue weighted by molar-refractivity contribution is 5.73. The topological polar surface area (TPSA) is 59.0 Å². The third kappa shape index (κ3) is 3.87. The van der Waals surface area contributed by atoms with Crippen LogP contribution in [0.1, 0.15) is 33.6 Å². The van der Waals surface area contributed by atoms with Crippen LogP contribution in [0.25, 0.3) is 0 Å². The Morgan fingerprint density at radius 2 is 1.64 bits per heavy atom. The van der Waals surface area contributed by atoms with E-state index in [9.17, 15) is 4.79 Å². The zero-order valence-corrected chi connectivity index (χ0v) is 13.9. The minimum absolute atomic E-state index is 0.168. The summed E-state index contributed by atoms with van der Waals surface area (Å²) in [6.45, 7) is 9.18. The Hall–Kier alpha value is -2.30. The molecule has 2 N–H and O–H groups in total. The fourth-order valence-corrected chi connectivity index (χ4v) is 2.72. The Morgan fingerprint density at radius 1 is 1.05 bits per heavy atom. The van der Waals surface area contributed by atoms with Gasteiger partial charge in [0.25, 0.3) is 0 Å². The average Bonchev–Trinajstić information content (AvgIpc) is 2.73. The first kappa shape index (κ1) is 16.1. The van der Waals surface area contributed by atoms with Gasteiger partial charge in [-0.05, 0) is 50.5 Å². The van der Waals surface area contributed by atoms with Gasteiger partial charge in [-0.15, -0.1) is 0 Å². The molecule has 0 saturated heterocycles. The summed E-state index contributed by atoms with van der Waals surface area (Å²) in [4.78, 5) is 11.9. The van der Waals surface area contributed by atoms with Gasteiger partial charge >= 0.3 is 6.03 Å². The molecule has 2 amide bonds. The molecule has 2 aromatic rings. The van der Waals surface area contributed by atoms with E-state index >= 15 is 0 Å². The Bertz CT molecular complexity index is 665. The summed E-state index contributed by atoms with van der Waals surface area (Å²) < 4.78 is 1.78. The van der Waals surface area contributed by atoms with Gasteiger partial charge in [-0.2, -0.15) is 5.10 Å². The largest absolute Gasteiger partial charge is 0.334 e. The summed E-state index contributed by atoms with van der Waals surface area (Å²) in [7, 11) is 1.88. The van der Waals surface area contributed by atoms with Crippen molar-refractivity contribution >= 4 is 6.03 Å². The van der Waals surface area contributed by atoms with Crippen molar-refractivity contribution in [2.75, 3.05) is 0 Å². The molecule has 0 aliphatic rings. The SMILES string of the molecule is Cc1cc(C)c(CNC(=O)NCc2cc(C)nn2C)c(C)c1. The van der Waals surface area contributed by atoms with E-state index in [0.29, 0.717) is 13.1 Å². The summed E-state index contributed by atoms with van der Waals surface area (Å²) in [5.41, 5.74) is 6.77. The maximum absolute atomic E-state index is 11.9. The van der Waals surface area contributed by atoms with E-state index in [4.69, 9.17) is 0 Å². The molecule has 5 heteroatoms. The predicted molar refractivity (Wildman–Crippen MR) is 87.7 cm³/mol. The number of carbonyl (C=O) groups excluding carboxylic acids is 1. The van der Waals surface area contributed by atoms with Crippen molar-refractivity contribution in [2.45, 2.75) is 40.8 Å². The lowest BCUT2D eigenvalue weighted by Crippen LogP contribution is -2.35. The van der Waals surface area contributed by atoms with Crippen LogP contribution in [0.2, 0.25) is 0 Å². The number of nitrogens with one attached hydrogen (secondary N) is 2. The standard InChI is InChI=1S/C17H24N4O/c1-11-6-12(2)16(13(3)7-11)10-19-17(22)18-9-15-8-14(4)20-21(15)5/h6-8H,9-10H2,1-5H3,(H2,18,19,22). The second-order valence-corrected chi connectivity index (χ2v) is 5.81. The Balaban J connectivity index is 1.89. The van der Waals surface area contributed by atoms with E-state index in [-0.39, 0.29) is 6.03 Å². The quantitative estimate of drug-likeness (QED) is 0.912. The molecule has 0 atom stereocenters. The van der Waals surface area contributed by atoms with Gasteiger partial charge in [0.05, 0.1) is 17.9 Å². The van der Waals surface area contributed by atoms with Gasteiger partial charge in [0, 0.05) is 13.6 Å². The maximum Gasteiger partial charge on any atom is 0.315 e. The number of hydrogen-bond acceptors (Lipinski definition) is 2. The van der Waals surface area contributed by atoms with Crippen molar-refractivity contribution in [3.8, 4) is 0 Å². The molecule has 118 valence electrons. The Kier molecular flexibility index (Phi) is 4.85. The Labute approximate surface area is 131 Å². The number of rotatable bonds is 4. The minimum atomic E-state index is -0.168. The zero-order chi connectivity index (χ0) is 16.3. The van der Waals surface area contributed by atoms with Crippen molar-refractivity contribution in [1.82, 2.24) is 20.4 Å². The normalized spacial score (nSPS) is 10.6. The van der Waals surface area contributed by atoms with Crippen molar-refractivity contribution in [2.24, 2.45) is 7.05 Å². The van der Waals surface area contributed by atoms with Crippen molar-refractivity contribution in [1.29, 1.82) is 0 Å². The van der Waals surface area contributed by atoms with Gasteiger partial charge in [-0.3, -0.25) is 4.68 Å². The second-order valence-electron chi connectivity index (χ2n) is 5.81. The molecule has 1 heterocycles. The highest BCUT2D eigenvalue weighted by atomic mass is 16.2. The van der Waals surface area contributed by atoms with Gasteiger partial charge in [0.15, 0.2) is 0 Å². The number of urea groups is 1. The molecule has 0 radical (unpaired) electrons. The van der Waals surface area contributed by atoms with Crippen LogP contribution < -0.4 is 10.6 Å². The molecule has 1 aromatic heterocycles. The molecule has 1 aromatic carbocycles. The zero-order valence-electron chi connectivity index (χ0n) is 13.9. The third-order valence-electron chi connectivity index (χ3n) is 3.80. The molecule has 0 saturated carbocycles. The maximum atomic E-state index is 11.9. The van der Waals surface area contributed by atoms with Crippen LogP contribution >= 0.6 is 0 Å². The van der Waals surface area contributed by atoms with Gasteiger partial charge in [-0.1, -0.05) is 17.7 Å². The number of hydrogen-bond donors (Lipinski definition) is 2. The van der Waals surface area contributed by atoms with Gasteiger partial charge in [0.2, 0.25) is 0 Å². The fourth-order valence-electron chi connectivity index (χ4n) is 2.72. The fraction of sp³-hybridized carbons (Fsp3) is 0.412. The molecule has 2 rings (SSSR count). The van der Waals surface area contributed by atoms with Crippen LogP contribution in [-0.4, -0.2) is 15.8 Å². The molecule has 22 heavy (non-hydrogen) atoms. The lowest BCUT2D eigenvalue weighted by atomic mass is 10.00. The van der Waals surface area contributed by atoms with Gasteiger partial charge in [0.1, 0.15) is 0 Å². The van der Waals surface area contributed by atoms with Crippen molar-refractivity contribution < 1.29 is 4.79 Å².